The Labute approximate surface area is 133 Å². The molecule has 0 bridgehead atoms. The smallest absolute Gasteiger partial charge is 0.128 e. The van der Waals surface area contributed by atoms with Gasteiger partial charge in [-0.1, -0.05) is 10.4 Å². The van der Waals surface area contributed by atoms with Gasteiger partial charge in [-0.25, -0.2) is 4.98 Å². The average molecular weight is 463 g/mol. The van der Waals surface area contributed by atoms with Gasteiger partial charge in [0.2, 0.25) is 0 Å². The van der Waals surface area contributed by atoms with E-state index in [9.17, 15) is 0 Å². The van der Waals surface area contributed by atoms with E-state index in [2.05, 4.69) is 35.1 Å². The van der Waals surface area contributed by atoms with Crippen LogP contribution >= 0.6 is 12.2 Å². The van der Waals surface area contributed by atoms with Gasteiger partial charge >= 0.3 is 64.3 Å². The molecule has 0 amide bonds. The van der Waals surface area contributed by atoms with Crippen LogP contribution in [0.1, 0.15) is 0 Å². The molecule has 88 valence electrons. The summed E-state index contributed by atoms with van der Waals surface area (Å²) < 4.78 is 1.68. The van der Waals surface area contributed by atoms with Gasteiger partial charge in [0.15, 0.2) is 0 Å². The number of aromatic hydroxyl groups is 1. The largest absolute Gasteiger partial charge is 0.411 e. The van der Waals surface area contributed by atoms with Crippen molar-refractivity contribution in [3.63, 3.8) is 0 Å². The SMILES string of the molecule is Oc1cc[c]([Hg+])cc1.S=C([S-])Nc1ccccn1. The van der Waals surface area contributed by atoms with Crippen LogP contribution in [-0.2, 0) is 38.8 Å². The van der Waals surface area contributed by atoms with Crippen LogP contribution < -0.4 is 8.39 Å². The number of nitrogens with one attached hydrogen (secondary N) is 1. The predicted octanol–water partition coefficient (Wildman–Crippen LogP) is 1.89. The molecule has 0 aliphatic rings. The summed E-state index contributed by atoms with van der Waals surface area (Å²) in [5, 5.41) is 11.5. The number of aromatic nitrogens is 1. The summed E-state index contributed by atoms with van der Waals surface area (Å²) in [6, 6.07) is 12.9. The number of hydrogen-bond donors (Lipinski definition) is 2. The Hall–Kier alpha value is -0.785. The van der Waals surface area contributed by atoms with Crippen molar-refractivity contribution < 1.29 is 31.2 Å². The second-order valence-electron chi connectivity index (χ2n) is 3.29. The summed E-state index contributed by atoms with van der Waals surface area (Å²) in [6.07, 6.45) is 1.68. The van der Waals surface area contributed by atoms with E-state index in [0.717, 1.165) is 0 Å². The molecular weight excluding hydrogens is 453 g/mol. The fraction of sp³-hybridized carbons (Fsp3) is 0. The maximum Gasteiger partial charge on any atom is 0.128 e. The Kier molecular flexibility index (Phi) is 7.08. The third-order valence-corrected chi connectivity index (χ3v) is 3.87. The number of thiocarbonyl (C=S) groups is 1. The van der Waals surface area contributed by atoms with Crippen LogP contribution in [0.5, 0.6) is 5.75 Å². The van der Waals surface area contributed by atoms with E-state index in [1.807, 2.05) is 24.3 Å². The van der Waals surface area contributed by atoms with E-state index in [1.54, 1.807) is 24.4 Å². The van der Waals surface area contributed by atoms with Gasteiger partial charge in [-0.2, -0.15) is 0 Å². The number of phenolic OH excluding ortho intramolecular Hbond substituents is 1. The zero-order chi connectivity index (χ0) is 13.4. The molecule has 2 N–H and O–H groups in total. The summed E-state index contributed by atoms with van der Waals surface area (Å²) in [6.45, 7) is 0. The van der Waals surface area contributed by atoms with Gasteiger partial charge in [-0.15, -0.1) is 0 Å². The van der Waals surface area contributed by atoms with Crippen LogP contribution in [0.4, 0.5) is 5.82 Å². The molecule has 0 atom stereocenters. The fourth-order valence-electron chi connectivity index (χ4n) is 1.04. The van der Waals surface area contributed by atoms with Crippen LogP contribution in [0, 0.1) is 0 Å². The topological polar surface area (TPSA) is 45.1 Å². The quantitative estimate of drug-likeness (QED) is 0.385. The molecule has 1 aromatic carbocycles. The van der Waals surface area contributed by atoms with Crippen LogP contribution in [0.25, 0.3) is 0 Å². The molecule has 18 heavy (non-hydrogen) atoms. The molecule has 0 unspecified atom stereocenters. The van der Waals surface area contributed by atoms with E-state index in [4.69, 9.17) is 5.11 Å². The van der Waals surface area contributed by atoms with Gasteiger partial charge in [0, 0.05) is 6.20 Å². The first-order valence-electron chi connectivity index (χ1n) is 5.08. The normalized spacial score (nSPS) is 9.00. The van der Waals surface area contributed by atoms with Gasteiger partial charge in [0.25, 0.3) is 0 Å². The van der Waals surface area contributed by atoms with Crippen molar-refractivity contribution in [2.45, 2.75) is 0 Å². The molecule has 0 spiro atoms. The van der Waals surface area contributed by atoms with Gasteiger partial charge < -0.3 is 30.2 Å². The Morgan fingerprint density at radius 2 is 1.89 bits per heavy atom. The number of pyridine rings is 1. The van der Waals surface area contributed by atoms with Gasteiger partial charge in [-0.05, 0) is 12.1 Å². The van der Waals surface area contributed by atoms with E-state index in [1.165, 1.54) is 3.07 Å². The van der Waals surface area contributed by atoms with Crippen LogP contribution in [0.2, 0.25) is 0 Å². The van der Waals surface area contributed by atoms with Crippen molar-refractivity contribution in [1.29, 1.82) is 0 Å². The van der Waals surface area contributed by atoms with Gasteiger partial charge in [-0.3, -0.25) is 0 Å². The van der Waals surface area contributed by atoms with E-state index < -0.39 is 0 Å². The Balaban J connectivity index is 0.000000184. The Morgan fingerprint density at radius 3 is 2.33 bits per heavy atom. The molecule has 0 saturated heterocycles. The minimum absolute atomic E-state index is 0.318. The summed E-state index contributed by atoms with van der Waals surface area (Å²) in [7, 11) is 0. The van der Waals surface area contributed by atoms with Gasteiger partial charge in [0.1, 0.15) is 5.82 Å². The monoisotopic (exact) mass is 464 g/mol. The minimum atomic E-state index is 0.318. The predicted molar refractivity (Wildman–Crippen MR) is 75.6 cm³/mol. The van der Waals surface area contributed by atoms with Crippen molar-refractivity contribution in [1.82, 2.24) is 4.98 Å². The first kappa shape index (κ1) is 15.3. The second-order valence-corrected chi connectivity index (χ2v) is 7.54. The molecule has 2 rings (SSSR count). The molecule has 0 aliphatic heterocycles. The summed E-state index contributed by atoms with van der Waals surface area (Å²) >= 11 is 9.97. The molecule has 2 aromatic rings. The summed E-state index contributed by atoms with van der Waals surface area (Å²) in [5.74, 6) is 1.06. The number of hydrogen-bond acceptors (Lipinski definition) is 4. The zero-order valence-corrected chi connectivity index (χ0v) is 16.7. The summed E-state index contributed by atoms with van der Waals surface area (Å²) in [4.78, 5) is 3.95. The maximum atomic E-state index is 8.78. The average Bonchev–Trinajstić information content (AvgIpc) is 2.34. The molecule has 0 radical (unpaired) electrons. The number of phenols is 1. The molecule has 0 aliphatic carbocycles. The van der Waals surface area contributed by atoms with E-state index in [0.29, 0.717) is 42.0 Å². The number of nitrogens with zero attached hydrogens (tertiary/aromatic N) is 1. The van der Waals surface area contributed by atoms with Crippen LogP contribution in [0.15, 0.2) is 48.7 Å². The van der Waals surface area contributed by atoms with Crippen molar-refractivity contribution in [3.8, 4) is 5.75 Å². The Morgan fingerprint density at radius 1 is 1.22 bits per heavy atom. The summed E-state index contributed by atoms with van der Waals surface area (Å²) in [5.41, 5.74) is 0. The second kappa shape index (κ2) is 8.34. The zero-order valence-electron chi connectivity index (χ0n) is 9.54. The molecule has 6 heteroatoms. The maximum absolute atomic E-state index is 8.78. The number of benzene rings is 1. The van der Waals surface area contributed by atoms with Crippen LogP contribution in [0.3, 0.4) is 0 Å². The standard InChI is InChI=1S/C6H6N2S2.C6H5O.Hg/c9-6(10)8-5-3-1-2-4-7-5;7-6-4-2-1-3-5-6;/h1-4H,(H2,7,8,9,10);2-5,7H;/q;;+1/p-1. The van der Waals surface area contributed by atoms with Crippen LogP contribution in [-0.4, -0.2) is 14.4 Å². The molecule has 1 aromatic heterocycles. The first-order chi connectivity index (χ1) is 8.58. The first-order valence-corrected chi connectivity index (χ1v) is 8.64. The molecular formula is C12H10HgN2OS2. The molecule has 0 fully saturated rings. The van der Waals surface area contributed by atoms with Gasteiger partial charge in [0.05, 0.1) is 0 Å². The van der Waals surface area contributed by atoms with Crippen molar-refractivity contribution in [2.75, 3.05) is 5.32 Å². The fourth-order valence-corrected chi connectivity index (χ4v) is 2.16. The van der Waals surface area contributed by atoms with Crippen molar-refractivity contribution in [3.05, 3.63) is 48.7 Å². The van der Waals surface area contributed by atoms with Crippen molar-refractivity contribution in [2.24, 2.45) is 0 Å². The molecule has 1 heterocycles. The minimum Gasteiger partial charge on any atom is -0.411 e. The third-order valence-electron chi connectivity index (χ3n) is 1.83. The molecule has 0 saturated carbocycles. The van der Waals surface area contributed by atoms with E-state index >= 15 is 0 Å². The van der Waals surface area contributed by atoms with E-state index in [-0.39, 0.29) is 0 Å². The molecule has 3 nitrogen and oxygen atoms in total. The third kappa shape index (κ3) is 6.83. The number of rotatable bonds is 1. The van der Waals surface area contributed by atoms with Crippen molar-refractivity contribution >= 4 is 38.1 Å². The number of anilines is 1. The Bertz CT molecular complexity index is 470.